The minimum absolute atomic E-state index is 0.193. The van der Waals surface area contributed by atoms with Crippen LogP contribution in [0.2, 0.25) is 0 Å². The molecule has 4 aromatic carbocycles. The largest absolute Gasteiger partial charge is 0.348 e. The number of imidazole rings is 1. The van der Waals surface area contributed by atoms with Crippen molar-refractivity contribution in [2.45, 2.75) is 58.4 Å². The van der Waals surface area contributed by atoms with Crippen LogP contribution in [0.3, 0.4) is 0 Å². The van der Waals surface area contributed by atoms with Crippen LogP contribution in [0.4, 0.5) is 0 Å². The zero-order chi connectivity index (χ0) is 31.4. The number of aromatic amines is 1. The fourth-order valence-electron chi connectivity index (χ4n) is 5.39. The Bertz CT molecular complexity index is 1660. The number of rotatable bonds is 15. The van der Waals surface area contributed by atoms with E-state index in [1.165, 1.54) is 11.1 Å². The lowest BCUT2D eigenvalue weighted by Crippen LogP contribution is -2.47. The third-order valence-corrected chi connectivity index (χ3v) is 7.96. The Kier molecular flexibility index (Phi) is 11.1. The van der Waals surface area contributed by atoms with E-state index in [1.807, 2.05) is 43.3 Å². The number of benzene rings is 4. The Morgan fingerprint density at radius 2 is 1.51 bits per heavy atom. The van der Waals surface area contributed by atoms with Gasteiger partial charge in [-0.05, 0) is 72.8 Å². The van der Waals surface area contributed by atoms with Gasteiger partial charge in [-0.1, -0.05) is 84.4 Å². The molecule has 0 saturated heterocycles. The molecule has 5 rings (SSSR count). The van der Waals surface area contributed by atoms with Gasteiger partial charge in [-0.2, -0.15) is 0 Å². The van der Waals surface area contributed by atoms with E-state index in [2.05, 4.69) is 80.6 Å². The lowest BCUT2D eigenvalue weighted by Gasteiger charge is -2.23. The number of fused-ring (bicyclic) bond motifs is 1. The number of hydrogen-bond donors (Lipinski definition) is 5. The van der Waals surface area contributed by atoms with Crippen molar-refractivity contribution in [2.24, 2.45) is 0 Å². The van der Waals surface area contributed by atoms with Crippen molar-refractivity contribution in [2.75, 3.05) is 6.54 Å². The minimum atomic E-state index is -0.675. The van der Waals surface area contributed by atoms with Gasteiger partial charge < -0.3 is 26.3 Å². The Hall–Kier alpha value is -4.79. The van der Waals surface area contributed by atoms with Gasteiger partial charge in [-0.25, -0.2) is 4.98 Å². The molecule has 0 aliphatic heterocycles. The molecular weight excluding hydrogens is 560 g/mol. The van der Waals surface area contributed by atoms with Crippen molar-refractivity contribution in [1.29, 1.82) is 0 Å². The lowest BCUT2D eigenvalue weighted by molar-refractivity contribution is -0.123. The number of hydrogen-bond acceptors (Lipinski definition) is 5. The van der Waals surface area contributed by atoms with Gasteiger partial charge in [-0.15, -0.1) is 0 Å². The molecule has 45 heavy (non-hydrogen) atoms. The summed E-state index contributed by atoms with van der Waals surface area (Å²) in [6.45, 7) is 6.82. The number of H-pyrrole nitrogens is 1. The predicted octanol–water partition coefficient (Wildman–Crippen LogP) is 5.71. The van der Waals surface area contributed by atoms with Crippen LogP contribution in [-0.2, 0) is 24.4 Å². The summed E-state index contributed by atoms with van der Waals surface area (Å²) >= 11 is 0. The highest BCUT2D eigenvalue weighted by Gasteiger charge is 2.23. The zero-order valence-corrected chi connectivity index (χ0v) is 26.0. The van der Waals surface area contributed by atoms with E-state index in [4.69, 9.17) is 0 Å². The fraction of sp³-hybridized carbons (Fsp3) is 0.270. The van der Waals surface area contributed by atoms with E-state index < -0.39 is 6.04 Å². The Balaban J connectivity index is 1.20. The van der Waals surface area contributed by atoms with Gasteiger partial charge >= 0.3 is 0 Å². The maximum atomic E-state index is 13.7. The molecule has 0 fully saturated rings. The van der Waals surface area contributed by atoms with E-state index in [0.29, 0.717) is 25.1 Å². The number of amides is 2. The number of nitrogens with one attached hydrogen (secondary N) is 5. The first-order valence-corrected chi connectivity index (χ1v) is 15.6. The molecule has 5 aromatic rings. The fourth-order valence-corrected chi connectivity index (χ4v) is 5.39. The summed E-state index contributed by atoms with van der Waals surface area (Å²) in [4.78, 5) is 34.3. The van der Waals surface area contributed by atoms with Gasteiger partial charge in [0.05, 0.1) is 12.6 Å². The van der Waals surface area contributed by atoms with Gasteiger partial charge in [-0.3, -0.25) is 9.59 Å². The first-order valence-electron chi connectivity index (χ1n) is 15.6. The molecule has 8 nitrogen and oxygen atoms in total. The zero-order valence-electron chi connectivity index (χ0n) is 26.0. The Morgan fingerprint density at radius 1 is 0.800 bits per heavy atom. The van der Waals surface area contributed by atoms with Crippen molar-refractivity contribution >= 4 is 22.6 Å². The van der Waals surface area contributed by atoms with Crippen LogP contribution in [0.5, 0.6) is 0 Å². The molecule has 5 N–H and O–H groups in total. The van der Waals surface area contributed by atoms with Gasteiger partial charge in [0, 0.05) is 31.0 Å². The van der Waals surface area contributed by atoms with Crippen LogP contribution < -0.4 is 21.3 Å². The van der Waals surface area contributed by atoms with E-state index in [0.717, 1.165) is 47.2 Å². The highest BCUT2D eigenvalue weighted by atomic mass is 16.2. The molecular formula is C37H42N6O2. The summed E-state index contributed by atoms with van der Waals surface area (Å²) < 4.78 is 0. The van der Waals surface area contributed by atoms with E-state index in [-0.39, 0.29) is 17.9 Å². The first kappa shape index (κ1) is 31.6. The molecule has 2 atom stereocenters. The second kappa shape index (κ2) is 15.8. The molecule has 2 amide bonds. The molecule has 232 valence electrons. The minimum Gasteiger partial charge on any atom is -0.348 e. The summed E-state index contributed by atoms with van der Waals surface area (Å²) in [5, 5.41) is 15.2. The average molecular weight is 603 g/mol. The van der Waals surface area contributed by atoms with Gasteiger partial charge in [0.1, 0.15) is 11.9 Å². The average Bonchev–Trinajstić information content (AvgIpc) is 3.58. The molecule has 0 bridgehead atoms. The number of carbonyl (C=O) groups is 2. The lowest BCUT2D eigenvalue weighted by atomic mass is 9.99. The second-order valence-corrected chi connectivity index (χ2v) is 11.5. The summed E-state index contributed by atoms with van der Waals surface area (Å²) in [5.41, 5.74) is 5.06. The van der Waals surface area contributed by atoms with Gasteiger partial charge in [0.2, 0.25) is 5.91 Å². The van der Waals surface area contributed by atoms with Gasteiger partial charge in [0.25, 0.3) is 5.91 Å². The quantitative estimate of drug-likeness (QED) is 0.0987. The van der Waals surface area contributed by atoms with Gasteiger partial charge in [0.15, 0.2) is 0 Å². The van der Waals surface area contributed by atoms with Crippen molar-refractivity contribution in [3.05, 3.63) is 137 Å². The van der Waals surface area contributed by atoms with Crippen molar-refractivity contribution in [3.63, 3.8) is 0 Å². The van der Waals surface area contributed by atoms with Crippen LogP contribution in [0.25, 0.3) is 10.8 Å². The normalized spacial score (nSPS) is 12.5. The smallest absolute Gasteiger partial charge is 0.251 e. The first-order chi connectivity index (χ1) is 22.0. The number of aromatic nitrogens is 2. The molecule has 1 unspecified atom stereocenters. The summed E-state index contributed by atoms with van der Waals surface area (Å²) in [5.74, 6) is 0.409. The SMILES string of the molecule is Cc1ccc(CNCCC[C@H](NC(=O)c2ccc(CNCc3ncc[nH]3)cc2)C(=O)NC(C)c2cccc3ccccc23)cc1. The topological polar surface area (TPSA) is 111 Å². The third-order valence-electron chi connectivity index (χ3n) is 7.96. The highest BCUT2D eigenvalue weighted by Crippen LogP contribution is 2.24. The van der Waals surface area contributed by atoms with Crippen molar-refractivity contribution in [3.8, 4) is 0 Å². The summed E-state index contributed by atoms with van der Waals surface area (Å²) in [6, 6.07) is 29.3. The molecule has 1 aromatic heterocycles. The Morgan fingerprint density at radius 3 is 2.27 bits per heavy atom. The van der Waals surface area contributed by atoms with E-state index >= 15 is 0 Å². The Labute approximate surface area is 265 Å². The summed E-state index contributed by atoms with van der Waals surface area (Å²) in [6.07, 6.45) is 4.76. The number of nitrogens with zero attached hydrogens (tertiary/aromatic N) is 1. The maximum absolute atomic E-state index is 13.7. The highest BCUT2D eigenvalue weighted by molar-refractivity contribution is 5.97. The van der Waals surface area contributed by atoms with Crippen LogP contribution >= 0.6 is 0 Å². The van der Waals surface area contributed by atoms with Crippen molar-refractivity contribution in [1.82, 2.24) is 31.2 Å². The summed E-state index contributed by atoms with van der Waals surface area (Å²) in [7, 11) is 0. The predicted molar refractivity (Wildman–Crippen MR) is 179 cm³/mol. The van der Waals surface area contributed by atoms with Crippen LogP contribution in [-0.4, -0.2) is 34.4 Å². The van der Waals surface area contributed by atoms with E-state index in [9.17, 15) is 9.59 Å². The maximum Gasteiger partial charge on any atom is 0.251 e. The third kappa shape index (κ3) is 9.11. The number of carbonyl (C=O) groups excluding carboxylic acids is 2. The standard InChI is InChI=1S/C37H42N6O2/c1-26-12-14-28(15-13-26)23-38-20-6-11-34(37(45)42-27(2)32-10-5-8-30-7-3-4-9-33(30)32)43-36(44)31-18-16-29(17-19-31)24-39-25-35-40-21-22-41-35/h3-5,7-10,12-19,21-22,27,34,38-39H,6,11,20,23-25H2,1-2H3,(H,40,41)(H,42,45)(H,43,44)/t27?,34-/m0/s1. The molecule has 0 aliphatic carbocycles. The molecule has 0 aliphatic rings. The molecule has 1 heterocycles. The monoisotopic (exact) mass is 602 g/mol. The molecule has 0 spiro atoms. The number of aryl methyl sites for hydroxylation is 1. The second-order valence-electron chi connectivity index (χ2n) is 11.5. The van der Waals surface area contributed by atoms with Crippen LogP contribution in [0.1, 0.15) is 64.2 Å². The molecule has 8 heteroatoms. The van der Waals surface area contributed by atoms with Crippen LogP contribution in [0, 0.1) is 6.92 Å². The molecule has 0 saturated carbocycles. The van der Waals surface area contributed by atoms with Crippen LogP contribution in [0.15, 0.2) is 103 Å². The van der Waals surface area contributed by atoms with Crippen molar-refractivity contribution < 1.29 is 9.59 Å². The van der Waals surface area contributed by atoms with E-state index in [1.54, 1.807) is 24.5 Å². The molecule has 0 radical (unpaired) electrons.